The minimum Gasteiger partial charge on any atom is -0.497 e. The Balaban J connectivity index is 1.93. The zero-order valence-corrected chi connectivity index (χ0v) is 14.8. The highest BCUT2D eigenvalue weighted by Crippen LogP contribution is 2.24. The second kappa shape index (κ2) is 7.34. The number of hydrogen-bond donors (Lipinski definition) is 0. The van der Waals surface area contributed by atoms with Gasteiger partial charge in [0.2, 0.25) is 0 Å². The summed E-state index contributed by atoms with van der Waals surface area (Å²) in [5.41, 5.74) is 4.39. The molecule has 128 valence electrons. The maximum atomic E-state index is 11.5. The van der Waals surface area contributed by atoms with Gasteiger partial charge in [0.15, 0.2) is 6.29 Å². The van der Waals surface area contributed by atoms with E-state index in [9.17, 15) is 4.79 Å². The summed E-state index contributed by atoms with van der Waals surface area (Å²) in [5, 5.41) is 4.61. The first-order valence-corrected chi connectivity index (χ1v) is 8.39. The van der Waals surface area contributed by atoms with Gasteiger partial charge >= 0.3 is 0 Å². The van der Waals surface area contributed by atoms with Crippen molar-refractivity contribution in [3.63, 3.8) is 0 Å². The Morgan fingerprint density at radius 3 is 2.32 bits per heavy atom. The molecule has 0 amide bonds. The van der Waals surface area contributed by atoms with E-state index in [4.69, 9.17) is 4.74 Å². The third-order valence-electron chi connectivity index (χ3n) is 4.08. The van der Waals surface area contributed by atoms with Crippen LogP contribution in [0.1, 0.15) is 29.8 Å². The molecular formula is C21H22N2O2. The molecule has 0 aliphatic carbocycles. The van der Waals surface area contributed by atoms with Gasteiger partial charge in [-0.05, 0) is 42.2 Å². The van der Waals surface area contributed by atoms with E-state index < -0.39 is 0 Å². The lowest BCUT2D eigenvalue weighted by Gasteiger charge is -2.06. The molecule has 0 N–H and O–H groups in total. The van der Waals surface area contributed by atoms with E-state index in [1.54, 1.807) is 18.0 Å². The summed E-state index contributed by atoms with van der Waals surface area (Å²) in [6, 6.07) is 15.9. The molecule has 4 nitrogen and oxygen atoms in total. The average molecular weight is 334 g/mol. The molecule has 0 atom stereocenters. The molecule has 0 bridgehead atoms. The Hall–Kier alpha value is -2.88. The molecule has 4 heteroatoms. The zero-order valence-electron chi connectivity index (χ0n) is 14.8. The number of aromatic nitrogens is 2. The molecule has 0 fully saturated rings. The van der Waals surface area contributed by atoms with E-state index in [0.717, 1.165) is 29.7 Å². The van der Waals surface area contributed by atoms with Crippen LogP contribution in [0, 0.1) is 5.92 Å². The lowest BCUT2D eigenvalue weighted by atomic mass is 10.0. The van der Waals surface area contributed by atoms with Crippen LogP contribution >= 0.6 is 0 Å². The lowest BCUT2D eigenvalue weighted by molar-refractivity contribution is 0.112. The monoisotopic (exact) mass is 334 g/mol. The molecule has 0 radical (unpaired) electrons. The quantitative estimate of drug-likeness (QED) is 0.621. The number of benzene rings is 2. The van der Waals surface area contributed by atoms with Crippen LogP contribution in [-0.4, -0.2) is 23.2 Å². The van der Waals surface area contributed by atoms with Crippen molar-refractivity contribution in [1.82, 2.24) is 9.78 Å². The van der Waals surface area contributed by atoms with Crippen LogP contribution in [0.2, 0.25) is 0 Å². The smallest absolute Gasteiger partial charge is 0.153 e. The number of rotatable bonds is 6. The highest BCUT2D eigenvalue weighted by Gasteiger charge is 2.12. The second-order valence-corrected chi connectivity index (χ2v) is 6.49. The maximum Gasteiger partial charge on any atom is 0.153 e. The first-order valence-electron chi connectivity index (χ1n) is 8.39. The van der Waals surface area contributed by atoms with Crippen molar-refractivity contribution in [2.24, 2.45) is 5.92 Å². The molecule has 0 aliphatic rings. The van der Waals surface area contributed by atoms with Crippen molar-refractivity contribution in [3.05, 3.63) is 65.9 Å². The number of aldehydes is 1. The van der Waals surface area contributed by atoms with E-state index in [0.29, 0.717) is 17.2 Å². The van der Waals surface area contributed by atoms with Gasteiger partial charge in [-0.25, -0.2) is 4.68 Å². The molecule has 0 aliphatic heterocycles. The van der Waals surface area contributed by atoms with Gasteiger partial charge in [-0.1, -0.05) is 38.1 Å². The Labute approximate surface area is 148 Å². The van der Waals surface area contributed by atoms with Crippen LogP contribution in [0.3, 0.4) is 0 Å². The fraction of sp³-hybridized carbons (Fsp3) is 0.238. The first kappa shape index (κ1) is 17.0. The zero-order chi connectivity index (χ0) is 17.8. The van der Waals surface area contributed by atoms with Gasteiger partial charge < -0.3 is 4.74 Å². The molecule has 0 unspecified atom stereocenters. The van der Waals surface area contributed by atoms with E-state index in [2.05, 4.69) is 31.1 Å². The fourth-order valence-corrected chi connectivity index (χ4v) is 2.84. The SMILES string of the molecule is COc1ccc(-n2cc(C=O)c(-c3ccc(CC(C)C)cc3)n2)cc1. The number of hydrogen-bond acceptors (Lipinski definition) is 3. The summed E-state index contributed by atoms with van der Waals surface area (Å²) in [5.74, 6) is 1.40. The number of methoxy groups -OCH3 is 1. The Bertz CT molecular complexity index is 847. The summed E-state index contributed by atoms with van der Waals surface area (Å²) >= 11 is 0. The van der Waals surface area contributed by atoms with Gasteiger partial charge in [0.1, 0.15) is 11.4 Å². The molecule has 1 aromatic heterocycles. The average Bonchev–Trinajstić information content (AvgIpc) is 3.06. The third-order valence-corrected chi connectivity index (χ3v) is 4.08. The van der Waals surface area contributed by atoms with Crippen LogP contribution < -0.4 is 4.74 Å². The van der Waals surface area contributed by atoms with Crippen LogP contribution in [0.4, 0.5) is 0 Å². The molecular weight excluding hydrogens is 312 g/mol. The summed E-state index contributed by atoms with van der Waals surface area (Å²) in [4.78, 5) is 11.5. The lowest BCUT2D eigenvalue weighted by Crippen LogP contribution is -1.95. The van der Waals surface area contributed by atoms with Gasteiger partial charge in [0.25, 0.3) is 0 Å². The summed E-state index contributed by atoms with van der Waals surface area (Å²) in [7, 11) is 1.63. The Kier molecular flexibility index (Phi) is 4.98. The molecule has 0 spiro atoms. The summed E-state index contributed by atoms with van der Waals surface area (Å²) < 4.78 is 6.90. The van der Waals surface area contributed by atoms with Crippen LogP contribution in [0.25, 0.3) is 16.9 Å². The number of carbonyl (C=O) groups excluding carboxylic acids is 1. The predicted octanol–water partition coefficient (Wildman–Crippen LogP) is 4.56. The fourth-order valence-electron chi connectivity index (χ4n) is 2.84. The van der Waals surface area contributed by atoms with Crippen molar-refractivity contribution >= 4 is 6.29 Å². The van der Waals surface area contributed by atoms with Gasteiger partial charge in [-0.2, -0.15) is 5.10 Å². The normalized spacial score (nSPS) is 10.9. The van der Waals surface area contributed by atoms with Crippen molar-refractivity contribution in [2.45, 2.75) is 20.3 Å². The highest BCUT2D eigenvalue weighted by atomic mass is 16.5. The van der Waals surface area contributed by atoms with Crippen LogP contribution in [-0.2, 0) is 6.42 Å². The van der Waals surface area contributed by atoms with E-state index in [-0.39, 0.29) is 0 Å². The Morgan fingerprint density at radius 2 is 1.76 bits per heavy atom. The van der Waals surface area contributed by atoms with Crippen LogP contribution in [0.15, 0.2) is 54.7 Å². The van der Waals surface area contributed by atoms with Gasteiger partial charge in [0, 0.05) is 11.8 Å². The highest BCUT2D eigenvalue weighted by molar-refractivity contribution is 5.85. The largest absolute Gasteiger partial charge is 0.497 e. The number of ether oxygens (including phenoxy) is 1. The van der Waals surface area contributed by atoms with Gasteiger partial charge in [0.05, 0.1) is 18.4 Å². The topological polar surface area (TPSA) is 44.1 Å². The van der Waals surface area contributed by atoms with E-state index in [1.165, 1.54) is 5.56 Å². The van der Waals surface area contributed by atoms with E-state index in [1.807, 2.05) is 36.4 Å². The van der Waals surface area contributed by atoms with E-state index >= 15 is 0 Å². The molecule has 0 saturated carbocycles. The standard InChI is InChI=1S/C21H22N2O2/c1-15(2)12-16-4-6-17(7-5-16)21-18(14-24)13-23(22-21)19-8-10-20(25-3)11-9-19/h4-11,13-15H,12H2,1-3H3. The molecule has 3 aromatic rings. The van der Waals surface area contributed by atoms with Crippen molar-refractivity contribution < 1.29 is 9.53 Å². The number of carbonyl (C=O) groups is 1. The van der Waals surface area contributed by atoms with Gasteiger partial charge in [-0.15, -0.1) is 0 Å². The van der Waals surface area contributed by atoms with Crippen molar-refractivity contribution in [2.75, 3.05) is 7.11 Å². The summed E-state index contributed by atoms with van der Waals surface area (Å²) in [6.07, 6.45) is 3.65. The van der Waals surface area contributed by atoms with Gasteiger partial charge in [-0.3, -0.25) is 4.79 Å². The number of nitrogens with zero attached hydrogens (tertiary/aromatic N) is 2. The van der Waals surface area contributed by atoms with Crippen molar-refractivity contribution in [3.8, 4) is 22.7 Å². The molecule has 25 heavy (non-hydrogen) atoms. The minimum absolute atomic E-state index is 0.576. The Morgan fingerprint density at radius 1 is 1.08 bits per heavy atom. The predicted molar refractivity (Wildman–Crippen MR) is 99.5 cm³/mol. The maximum absolute atomic E-state index is 11.5. The third kappa shape index (κ3) is 3.79. The second-order valence-electron chi connectivity index (χ2n) is 6.49. The molecule has 0 saturated heterocycles. The first-order chi connectivity index (χ1) is 12.1. The molecule has 2 aromatic carbocycles. The molecule has 1 heterocycles. The minimum atomic E-state index is 0.576. The summed E-state index contributed by atoms with van der Waals surface area (Å²) in [6.45, 7) is 4.41. The van der Waals surface area contributed by atoms with Crippen molar-refractivity contribution in [1.29, 1.82) is 0 Å². The molecule has 3 rings (SSSR count). The van der Waals surface area contributed by atoms with Crippen LogP contribution in [0.5, 0.6) is 5.75 Å².